The lowest BCUT2D eigenvalue weighted by molar-refractivity contribution is -0.131. The Bertz CT molecular complexity index is 861. The maximum Gasteiger partial charge on any atom is 0.223 e. The third kappa shape index (κ3) is 8.35. The van der Waals surface area contributed by atoms with Crippen LogP contribution in [-0.2, 0) is 11.3 Å². The number of nitrogens with zero attached hydrogens (tertiary/aromatic N) is 1. The number of benzene rings is 1. The minimum Gasteiger partial charge on any atom is -0.381 e. The van der Waals surface area contributed by atoms with Gasteiger partial charge in [0.05, 0.1) is 11.4 Å². The van der Waals surface area contributed by atoms with E-state index in [0.29, 0.717) is 19.5 Å². The van der Waals surface area contributed by atoms with E-state index in [4.69, 9.17) is 0 Å². The van der Waals surface area contributed by atoms with E-state index in [2.05, 4.69) is 48.9 Å². The molecule has 1 amide bonds. The smallest absolute Gasteiger partial charge is 0.223 e. The minimum absolute atomic E-state index is 0. The Morgan fingerprint density at radius 3 is 2.58 bits per heavy atom. The zero-order valence-electron chi connectivity index (χ0n) is 20.1. The SMILES string of the molecule is C=C1/C=C\C=C/CN(C(=O)CCC)Cc2ccccc2C(NC(C)C)=C=C1NC.CC.[HH]. The second-order valence-electron chi connectivity index (χ2n) is 7.42. The van der Waals surface area contributed by atoms with Crippen molar-refractivity contribution in [1.29, 1.82) is 0 Å². The minimum atomic E-state index is 0. The van der Waals surface area contributed by atoms with Crippen molar-refractivity contribution >= 4 is 11.6 Å². The molecule has 0 aromatic heterocycles. The van der Waals surface area contributed by atoms with Gasteiger partial charge < -0.3 is 15.5 Å². The maximum atomic E-state index is 12.7. The summed E-state index contributed by atoms with van der Waals surface area (Å²) in [5.74, 6) is 0.170. The third-order valence-corrected chi connectivity index (χ3v) is 4.59. The second kappa shape index (κ2) is 14.1. The van der Waals surface area contributed by atoms with Crippen LogP contribution in [0.25, 0.3) is 5.70 Å². The van der Waals surface area contributed by atoms with Crippen LogP contribution in [0.3, 0.4) is 0 Å². The van der Waals surface area contributed by atoms with Gasteiger partial charge in [0.2, 0.25) is 5.91 Å². The standard InChI is InChI=1S/C25H33N3O.C2H6.H2/c1-6-12-25(29)28-16-11-7-8-13-20(4)23(26-5)17-24(27-19(2)3)22-15-10-9-14-21(22)18-28;1-2;/h7-11,13-15,19,26-27H,4,6,12,16,18H2,1-3,5H3;1-2H3;1H/b11-7-,13-8-;;. The molecule has 1 aliphatic heterocycles. The highest BCUT2D eigenvalue weighted by Crippen LogP contribution is 2.21. The van der Waals surface area contributed by atoms with Gasteiger partial charge in [-0.05, 0) is 31.4 Å². The largest absolute Gasteiger partial charge is 0.381 e. The quantitative estimate of drug-likeness (QED) is 0.587. The molecule has 0 aliphatic carbocycles. The number of carbonyl (C=O) groups excluding carboxylic acids is 1. The molecule has 1 aromatic carbocycles. The predicted molar refractivity (Wildman–Crippen MR) is 135 cm³/mol. The van der Waals surface area contributed by atoms with E-state index in [1.807, 2.05) is 69.2 Å². The second-order valence-corrected chi connectivity index (χ2v) is 7.42. The molecule has 4 heteroatoms. The Morgan fingerprint density at radius 2 is 1.94 bits per heavy atom. The van der Waals surface area contributed by atoms with Crippen LogP contribution in [0.4, 0.5) is 0 Å². The molecule has 0 radical (unpaired) electrons. The van der Waals surface area contributed by atoms with Crippen LogP contribution in [0, 0.1) is 0 Å². The van der Waals surface area contributed by atoms with Crippen molar-refractivity contribution in [2.24, 2.45) is 0 Å². The molecule has 2 N–H and O–H groups in total. The third-order valence-electron chi connectivity index (χ3n) is 4.59. The van der Waals surface area contributed by atoms with E-state index < -0.39 is 0 Å². The molecule has 0 unspecified atom stereocenters. The molecule has 1 aliphatic rings. The number of hydrogen-bond donors (Lipinski definition) is 2. The summed E-state index contributed by atoms with van der Waals surface area (Å²) < 4.78 is 0. The molecule has 1 aromatic rings. The summed E-state index contributed by atoms with van der Waals surface area (Å²) in [5, 5.41) is 6.72. The Morgan fingerprint density at radius 1 is 1.23 bits per heavy atom. The van der Waals surface area contributed by atoms with Gasteiger partial charge in [0.25, 0.3) is 0 Å². The average Bonchev–Trinajstić information content (AvgIpc) is 2.77. The molecule has 0 bridgehead atoms. The fourth-order valence-electron chi connectivity index (χ4n) is 3.15. The molecule has 170 valence electrons. The lowest BCUT2D eigenvalue weighted by Crippen LogP contribution is -2.31. The van der Waals surface area contributed by atoms with Crippen molar-refractivity contribution in [3.05, 3.63) is 83.3 Å². The van der Waals surface area contributed by atoms with E-state index in [9.17, 15) is 4.79 Å². The number of allylic oxidation sites excluding steroid dienone is 3. The van der Waals surface area contributed by atoms with Crippen LogP contribution in [0.2, 0.25) is 0 Å². The van der Waals surface area contributed by atoms with Gasteiger partial charge in [0, 0.05) is 39.6 Å². The molecule has 0 spiro atoms. The number of rotatable bonds is 5. The van der Waals surface area contributed by atoms with E-state index in [1.54, 1.807) is 0 Å². The molecule has 1 heterocycles. The van der Waals surface area contributed by atoms with Crippen LogP contribution in [0.5, 0.6) is 0 Å². The van der Waals surface area contributed by atoms with Crippen molar-refractivity contribution in [3.8, 4) is 0 Å². The first-order valence-electron chi connectivity index (χ1n) is 11.3. The van der Waals surface area contributed by atoms with E-state index in [-0.39, 0.29) is 13.4 Å². The molecule has 0 saturated heterocycles. The molecule has 31 heavy (non-hydrogen) atoms. The van der Waals surface area contributed by atoms with E-state index in [0.717, 1.165) is 34.5 Å². The summed E-state index contributed by atoms with van der Waals surface area (Å²) in [6.07, 6.45) is 9.27. The van der Waals surface area contributed by atoms with Gasteiger partial charge in [-0.1, -0.05) is 81.7 Å². The highest BCUT2D eigenvalue weighted by atomic mass is 16.2. The van der Waals surface area contributed by atoms with Crippen LogP contribution < -0.4 is 10.6 Å². The first kappa shape index (κ1) is 26.1. The van der Waals surface area contributed by atoms with Gasteiger partial charge in [-0.25, -0.2) is 0 Å². The lowest BCUT2D eigenvalue weighted by atomic mass is 10.0. The summed E-state index contributed by atoms with van der Waals surface area (Å²) >= 11 is 0. The van der Waals surface area contributed by atoms with Gasteiger partial charge in [0.15, 0.2) is 0 Å². The monoisotopic (exact) mass is 423 g/mol. The van der Waals surface area contributed by atoms with E-state index in [1.165, 1.54) is 0 Å². The first-order valence-corrected chi connectivity index (χ1v) is 11.3. The topological polar surface area (TPSA) is 44.4 Å². The van der Waals surface area contributed by atoms with Gasteiger partial charge in [-0.15, -0.1) is 0 Å². The van der Waals surface area contributed by atoms with E-state index >= 15 is 0 Å². The fraction of sp³-hybridized carbons (Fsp3) is 0.407. The lowest BCUT2D eigenvalue weighted by Gasteiger charge is -2.24. The number of amides is 1. The molecule has 2 rings (SSSR count). The zero-order valence-corrected chi connectivity index (χ0v) is 20.1. The summed E-state index contributed by atoms with van der Waals surface area (Å²) in [6.45, 7) is 15.5. The number of nitrogens with one attached hydrogen (secondary N) is 2. The molecule has 0 saturated carbocycles. The van der Waals surface area contributed by atoms with Crippen LogP contribution in [0.1, 0.15) is 60.0 Å². The summed E-state index contributed by atoms with van der Waals surface area (Å²) in [4.78, 5) is 14.6. The van der Waals surface area contributed by atoms with Gasteiger partial charge >= 0.3 is 0 Å². The average molecular weight is 424 g/mol. The Hall–Kier alpha value is -2.97. The summed E-state index contributed by atoms with van der Waals surface area (Å²) in [6, 6.07) is 8.44. The van der Waals surface area contributed by atoms with Gasteiger partial charge in [0.1, 0.15) is 0 Å². The van der Waals surface area contributed by atoms with Crippen LogP contribution in [0.15, 0.2) is 72.1 Å². The van der Waals surface area contributed by atoms with Crippen LogP contribution in [-0.4, -0.2) is 30.4 Å². The van der Waals surface area contributed by atoms with Crippen molar-refractivity contribution in [3.63, 3.8) is 0 Å². The normalized spacial score (nSPS) is 16.2. The van der Waals surface area contributed by atoms with Gasteiger partial charge in [-0.3, -0.25) is 4.79 Å². The summed E-state index contributed by atoms with van der Waals surface area (Å²) in [5.41, 5.74) is 8.18. The Balaban J connectivity index is 0.00000311. The molecule has 0 atom stereocenters. The first-order chi connectivity index (χ1) is 15.0. The zero-order chi connectivity index (χ0) is 23.2. The highest BCUT2D eigenvalue weighted by molar-refractivity contribution is 5.77. The highest BCUT2D eigenvalue weighted by Gasteiger charge is 2.16. The van der Waals surface area contributed by atoms with Crippen molar-refractivity contribution < 1.29 is 6.22 Å². The van der Waals surface area contributed by atoms with Crippen molar-refractivity contribution in [2.45, 2.75) is 60.0 Å². The molecular weight excluding hydrogens is 382 g/mol. The predicted octanol–water partition coefficient (Wildman–Crippen LogP) is 5.81. The molecular formula is C27H41N3O. The maximum absolute atomic E-state index is 12.7. The van der Waals surface area contributed by atoms with Gasteiger partial charge in [-0.2, -0.15) is 0 Å². The van der Waals surface area contributed by atoms with Crippen molar-refractivity contribution in [1.82, 2.24) is 15.5 Å². The number of fused-ring (bicyclic) bond motifs is 1. The number of likely N-dealkylation sites (N-methyl/N-ethyl adjacent to an activating group) is 1. The molecule has 0 fully saturated rings. The molecule has 4 nitrogen and oxygen atoms in total. The van der Waals surface area contributed by atoms with Crippen molar-refractivity contribution in [2.75, 3.05) is 13.6 Å². The fourth-order valence-corrected chi connectivity index (χ4v) is 3.15. The number of hydrogen-bond acceptors (Lipinski definition) is 3. The van der Waals surface area contributed by atoms with Crippen LogP contribution >= 0.6 is 0 Å². The summed E-state index contributed by atoms with van der Waals surface area (Å²) in [7, 11) is 1.87. The Labute approximate surface area is 190 Å². The Kier molecular flexibility index (Phi) is 11.9. The number of carbonyl (C=O) groups is 1.